The number of carbonyl (C=O) groups excluding carboxylic acids is 1. The summed E-state index contributed by atoms with van der Waals surface area (Å²) in [6.45, 7) is 2.21. The molecule has 4 nitrogen and oxygen atoms in total. The van der Waals surface area contributed by atoms with Gasteiger partial charge in [0.25, 0.3) is 0 Å². The topological polar surface area (TPSA) is 58.4 Å². The second-order valence-electron chi connectivity index (χ2n) is 5.38. The summed E-state index contributed by atoms with van der Waals surface area (Å²) < 4.78 is 0. The van der Waals surface area contributed by atoms with E-state index < -0.39 is 0 Å². The van der Waals surface area contributed by atoms with Crippen molar-refractivity contribution in [3.8, 4) is 0 Å². The van der Waals surface area contributed by atoms with Crippen LogP contribution in [0, 0.1) is 0 Å². The third kappa shape index (κ3) is 6.68. The van der Waals surface area contributed by atoms with Gasteiger partial charge in [-0.25, -0.2) is 0 Å². The Labute approximate surface area is 122 Å². The molecule has 0 fully saturated rings. The second kappa shape index (κ2) is 9.50. The van der Waals surface area contributed by atoms with Crippen LogP contribution in [0.3, 0.4) is 0 Å². The maximum atomic E-state index is 11.8. The molecule has 20 heavy (non-hydrogen) atoms. The fourth-order valence-electron chi connectivity index (χ4n) is 2.11. The highest BCUT2D eigenvalue weighted by Crippen LogP contribution is 2.10. The number of hydrogen-bond acceptors (Lipinski definition) is 3. The van der Waals surface area contributed by atoms with Gasteiger partial charge in [-0.1, -0.05) is 30.7 Å². The van der Waals surface area contributed by atoms with E-state index in [0.29, 0.717) is 19.5 Å². The van der Waals surface area contributed by atoms with Gasteiger partial charge in [-0.2, -0.15) is 0 Å². The van der Waals surface area contributed by atoms with E-state index in [4.69, 9.17) is 5.73 Å². The highest BCUT2D eigenvalue weighted by atomic mass is 16.1. The summed E-state index contributed by atoms with van der Waals surface area (Å²) in [5.74, 6) is 0.127. The zero-order valence-electron chi connectivity index (χ0n) is 12.7. The number of unbranched alkanes of at least 4 members (excludes halogenated alkanes) is 2. The van der Waals surface area contributed by atoms with Gasteiger partial charge >= 0.3 is 0 Å². The van der Waals surface area contributed by atoms with Crippen LogP contribution in [0.1, 0.15) is 36.8 Å². The van der Waals surface area contributed by atoms with Gasteiger partial charge in [0.05, 0.1) is 0 Å². The number of nitrogens with one attached hydrogen (secondary N) is 1. The lowest BCUT2D eigenvalue weighted by molar-refractivity contribution is -0.121. The summed E-state index contributed by atoms with van der Waals surface area (Å²) in [5, 5.41) is 3.00. The number of hydrogen-bond donors (Lipinski definition) is 2. The Morgan fingerprint density at radius 3 is 2.50 bits per heavy atom. The van der Waals surface area contributed by atoms with Gasteiger partial charge in [0, 0.05) is 19.5 Å². The van der Waals surface area contributed by atoms with E-state index in [2.05, 4.69) is 22.3 Å². The van der Waals surface area contributed by atoms with E-state index in [1.807, 2.05) is 26.2 Å². The summed E-state index contributed by atoms with van der Waals surface area (Å²) >= 11 is 0. The van der Waals surface area contributed by atoms with Gasteiger partial charge in [-0.15, -0.1) is 0 Å². The van der Waals surface area contributed by atoms with Gasteiger partial charge in [-0.3, -0.25) is 4.79 Å². The normalized spacial score (nSPS) is 10.8. The van der Waals surface area contributed by atoms with Gasteiger partial charge in [0.15, 0.2) is 0 Å². The van der Waals surface area contributed by atoms with Gasteiger partial charge in [-0.05, 0) is 44.6 Å². The average molecular weight is 277 g/mol. The predicted molar refractivity (Wildman–Crippen MR) is 83.2 cm³/mol. The molecular weight excluding hydrogens is 250 g/mol. The Morgan fingerprint density at radius 2 is 1.85 bits per heavy atom. The van der Waals surface area contributed by atoms with Gasteiger partial charge < -0.3 is 16.0 Å². The van der Waals surface area contributed by atoms with Crippen LogP contribution in [0.15, 0.2) is 24.3 Å². The monoisotopic (exact) mass is 277 g/mol. The molecule has 3 N–H and O–H groups in total. The Hall–Kier alpha value is -1.39. The lowest BCUT2D eigenvalue weighted by Gasteiger charge is -2.14. The maximum absolute atomic E-state index is 11.8. The quantitative estimate of drug-likeness (QED) is 0.678. The van der Waals surface area contributed by atoms with E-state index in [1.54, 1.807) is 0 Å². The highest BCUT2D eigenvalue weighted by Gasteiger charge is 2.05. The first kappa shape index (κ1) is 16.7. The van der Waals surface area contributed by atoms with E-state index in [-0.39, 0.29) is 5.91 Å². The fourth-order valence-corrected chi connectivity index (χ4v) is 2.11. The van der Waals surface area contributed by atoms with Crippen LogP contribution in [-0.4, -0.2) is 31.4 Å². The zero-order chi connectivity index (χ0) is 14.8. The lowest BCUT2D eigenvalue weighted by Crippen LogP contribution is -2.23. The highest BCUT2D eigenvalue weighted by molar-refractivity contribution is 5.75. The van der Waals surface area contributed by atoms with E-state index in [1.165, 1.54) is 11.1 Å². The number of benzene rings is 1. The standard InChI is InChI=1S/C16H27N3O/c1-19(2)13-15-9-6-5-8-14(15)12-18-16(20)10-4-3-7-11-17/h5-6,8-9H,3-4,7,10-13,17H2,1-2H3,(H,18,20). The molecule has 1 rings (SSSR count). The fraction of sp³-hybridized carbons (Fsp3) is 0.562. The summed E-state index contributed by atoms with van der Waals surface area (Å²) in [6.07, 6.45) is 3.54. The average Bonchev–Trinajstić information content (AvgIpc) is 2.42. The predicted octanol–water partition coefficient (Wildman–Crippen LogP) is 1.88. The number of amides is 1. The molecule has 0 spiro atoms. The molecule has 0 unspecified atom stereocenters. The number of carbonyl (C=O) groups is 1. The number of nitrogens with two attached hydrogens (primary N) is 1. The van der Waals surface area contributed by atoms with Crippen LogP contribution >= 0.6 is 0 Å². The van der Waals surface area contributed by atoms with E-state index in [9.17, 15) is 4.79 Å². The van der Waals surface area contributed by atoms with Crippen molar-refractivity contribution >= 4 is 5.91 Å². The van der Waals surface area contributed by atoms with E-state index in [0.717, 1.165) is 25.8 Å². The molecule has 1 amide bonds. The number of nitrogens with zero attached hydrogens (tertiary/aromatic N) is 1. The molecule has 0 aromatic heterocycles. The van der Waals surface area contributed by atoms with Gasteiger partial charge in [0.2, 0.25) is 5.91 Å². The summed E-state index contributed by atoms with van der Waals surface area (Å²) in [4.78, 5) is 13.9. The van der Waals surface area contributed by atoms with Crippen molar-refractivity contribution in [2.45, 2.75) is 38.8 Å². The van der Waals surface area contributed by atoms with Crippen molar-refractivity contribution in [1.29, 1.82) is 0 Å². The second-order valence-corrected chi connectivity index (χ2v) is 5.38. The van der Waals surface area contributed by atoms with Crippen LogP contribution in [0.5, 0.6) is 0 Å². The minimum atomic E-state index is 0.127. The third-order valence-corrected chi connectivity index (χ3v) is 3.19. The first-order chi connectivity index (χ1) is 9.63. The first-order valence-electron chi connectivity index (χ1n) is 7.31. The van der Waals surface area contributed by atoms with Crippen LogP contribution < -0.4 is 11.1 Å². The van der Waals surface area contributed by atoms with Crippen LogP contribution in [0.2, 0.25) is 0 Å². The molecule has 0 aliphatic carbocycles. The van der Waals surface area contributed by atoms with Crippen molar-refractivity contribution in [3.63, 3.8) is 0 Å². The van der Waals surface area contributed by atoms with Crippen molar-refractivity contribution in [2.75, 3.05) is 20.6 Å². The van der Waals surface area contributed by atoms with Gasteiger partial charge in [0.1, 0.15) is 0 Å². The molecule has 0 atom stereocenters. The number of rotatable bonds is 9. The molecule has 0 saturated heterocycles. The Balaban J connectivity index is 2.39. The Bertz CT molecular complexity index is 404. The minimum absolute atomic E-state index is 0.127. The first-order valence-corrected chi connectivity index (χ1v) is 7.31. The molecule has 0 saturated carbocycles. The zero-order valence-corrected chi connectivity index (χ0v) is 12.7. The molecule has 4 heteroatoms. The van der Waals surface area contributed by atoms with Crippen molar-refractivity contribution < 1.29 is 4.79 Å². The molecule has 0 heterocycles. The molecule has 0 aliphatic heterocycles. The molecule has 0 bridgehead atoms. The minimum Gasteiger partial charge on any atom is -0.352 e. The largest absolute Gasteiger partial charge is 0.352 e. The smallest absolute Gasteiger partial charge is 0.220 e. The van der Waals surface area contributed by atoms with Crippen molar-refractivity contribution in [3.05, 3.63) is 35.4 Å². The van der Waals surface area contributed by atoms with Crippen molar-refractivity contribution in [2.24, 2.45) is 5.73 Å². The Morgan fingerprint density at radius 1 is 1.15 bits per heavy atom. The molecule has 1 aromatic rings. The van der Waals surface area contributed by atoms with Crippen LogP contribution in [0.25, 0.3) is 0 Å². The molecule has 0 radical (unpaired) electrons. The summed E-state index contributed by atoms with van der Waals surface area (Å²) in [7, 11) is 4.10. The van der Waals surface area contributed by atoms with Crippen LogP contribution in [-0.2, 0) is 17.9 Å². The Kier molecular flexibility index (Phi) is 7.92. The van der Waals surface area contributed by atoms with Crippen LogP contribution in [0.4, 0.5) is 0 Å². The summed E-state index contributed by atoms with van der Waals surface area (Å²) in [5.41, 5.74) is 7.89. The molecular formula is C16H27N3O. The maximum Gasteiger partial charge on any atom is 0.220 e. The molecule has 1 aromatic carbocycles. The third-order valence-electron chi connectivity index (χ3n) is 3.19. The summed E-state index contributed by atoms with van der Waals surface area (Å²) in [6, 6.07) is 8.25. The molecule has 0 aliphatic rings. The lowest BCUT2D eigenvalue weighted by atomic mass is 10.1. The SMILES string of the molecule is CN(C)Cc1ccccc1CNC(=O)CCCCCN. The van der Waals surface area contributed by atoms with Crippen molar-refractivity contribution in [1.82, 2.24) is 10.2 Å². The molecule has 112 valence electrons. The van der Waals surface area contributed by atoms with E-state index >= 15 is 0 Å².